The van der Waals surface area contributed by atoms with Crippen molar-refractivity contribution in [3.63, 3.8) is 0 Å². The molecule has 3 rings (SSSR count). The Morgan fingerprint density at radius 2 is 1.15 bits per heavy atom. The van der Waals surface area contributed by atoms with E-state index in [0.29, 0.717) is 0 Å². The highest BCUT2D eigenvalue weighted by Gasteiger charge is 2.07. The molecule has 0 aliphatic rings. The zero-order chi connectivity index (χ0) is 19.2. The quantitative estimate of drug-likeness (QED) is 0.549. The number of nitrogens with zero attached hydrogens (tertiary/aromatic N) is 2. The first kappa shape index (κ1) is 19.5. The Morgan fingerprint density at radius 1 is 0.704 bits per heavy atom. The Morgan fingerprint density at radius 3 is 1.56 bits per heavy atom. The summed E-state index contributed by atoms with van der Waals surface area (Å²) in [6.45, 7) is 3.52. The maximum Gasteiger partial charge on any atom is 0.120 e. The van der Waals surface area contributed by atoms with Crippen LogP contribution in [0.4, 0.5) is 0 Å². The Hall–Kier alpha value is -2.24. The molecule has 27 heavy (non-hydrogen) atoms. The van der Waals surface area contributed by atoms with Gasteiger partial charge in [0.2, 0.25) is 0 Å². The number of benzene rings is 2. The standard InChI is InChI=1S/C22H31N3O2/c1-24(2)11-5-13-26-17-7-9-21-19(15-17)20-16-18(8-10-22(20)23-21)27-14-6-12-25(3)4/h7-10,15-16,23H,5-6,11-14H2,1-4H3. The van der Waals surface area contributed by atoms with Gasteiger partial charge in [0.15, 0.2) is 0 Å². The van der Waals surface area contributed by atoms with Crippen LogP contribution in [0.25, 0.3) is 21.8 Å². The van der Waals surface area contributed by atoms with Gasteiger partial charge >= 0.3 is 0 Å². The normalized spacial score (nSPS) is 11.8. The van der Waals surface area contributed by atoms with Gasteiger partial charge in [0.05, 0.1) is 13.2 Å². The van der Waals surface area contributed by atoms with Crippen molar-refractivity contribution in [3.8, 4) is 11.5 Å². The first-order valence-electron chi connectivity index (χ1n) is 9.63. The number of aromatic nitrogens is 1. The molecule has 0 spiro atoms. The predicted molar refractivity (Wildman–Crippen MR) is 113 cm³/mol. The van der Waals surface area contributed by atoms with Crippen molar-refractivity contribution in [2.24, 2.45) is 0 Å². The average Bonchev–Trinajstić information content (AvgIpc) is 2.99. The van der Waals surface area contributed by atoms with E-state index in [1.54, 1.807) is 0 Å². The van der Waals surface area contributed by atoms with E-state index in [1.165, 1.54) is 10.8 Å². The molecule has 1 N–H and O–H groups in total. The third kappa shape index (κ3) is 5.37. The van der Waals surface area contributed by atoms with Crippen LogP contribution in [-0.4, -0.2) is 69.3 Å². The lowest BCUT2D eigenvalue weighted by Crippen LogP contribution is -2.15. The SMILES string of the molecule is CN(C)CCCOc1ccc2[nH]c3ccc(OCCCN(C)C)cc3c2c1. The number of hydrogen-bond acceptors (Lipinski definition) is 4. The highest BCUT2D eigenvalue weighted by Crippen LogP contribution is 2.31. The molecule has 1 aromatic heterocycles. The van der Waals surface area contributed by atoms with Crippen LogP contribution in [0.1, 0.15) is 12.8 Å². The number of H-pyrrole nitrogens is 1. The van der Waals surface area contributed by atoms with Crippen molar-refractivity contribution >= 4 is 21.8 Å². The van der Waals surface area contributed by atoms with Gasteiger partial charge in [-0.2, -0.15) is 0 Å². The van der Waals surface area contributed by atoms with E-state index in [9.17, 15) is 0 Å². The van der Waals surface area contributed by atoms with E-state index < -0.39 is 0 Å². The van der Waals surface area contributed by atoms with Gasteiger partial charge in [0.1, 0.15) is 11.5 Å². The summed E-state index contributed by atoms with van der Waals surface area (Å²) in [5.74, 6) is 1.83. The molecule has 0 bridgehead atoms. The molecule has 0 aliphatic heterocycles. The fraction of sp³-hybridized carbons (Fsp3) is 0.455. The predicted octanol–water partition coefficient (Wildman–Crippen LogP) is 3.98. The van der Waals surface area contributed by atoms with Gasteiger partial charge < -0.3 is 24.3 Å². The average molecular weight is 370 g/mol. The number of fused-ring (bicyclic) bond motifs is 3. The van der Waals surface area contributed by atoms with Crippen LogP contribution in [0.3, 0.4) is 0 Å². The molecule has 0 saturated carbocycles. The summed E-state index contributed by atoms with van der Waals surface area (Å²) in [7, 11) is 8.33. The van der Waals surface area contributed by atoms with Gasteiger partial charge in [-0.15, -0.1) is 0 Å². The van der Waals surface area contributed by atoms with Gasteiger partial charge in [-0.25, -0.2) is 0 Å². The number of nitrogens with one attached hydrogen (secondary N) is 1. The zero-order valence-electron chi connectivity index (χ0n) is 16.9. The number of aromatic amines is 1. The monoisotopic (exact) mass is 369 g/mol. The van der Waals surface area contributed by atoms with E-state index in [-0.39, 0.29) is 0 Å². The summed E-state index contributed by atoms with van der Waals surface area (Å²) < 4.78 is 11.9. The highest BCUT2D eigenvalue weighted by molar-refractivity contribution is 6.08. The summed E-state index contributed by atoms with van der Waals surface area (Å²) in [6, 6.07) is 12.5. The van der Waals surface area contributed by atoms with Gasteiger partial charge in [-0.05, 0) is 77.4 Å². The maximum atomic E-state index is 5.94. The Bertz CT molecular complexity index is 800. The molecular weight excluding hydrogens is 338 g/mol. The van der Waals surface area contributed by atoms with Crippen LogP contribution < -0.4 is 9.47 Å². The van der Waals surface area contributed by atoms with Gasteiger partial charge in [0.25, 0.3) is 0 Å². The summed E-state index contributed by atoms with van der Waals surface area (Å²) in [5, 5.41) is 2.35. The van der Waals surface area contributed by atoms with Gasteiger partial charge in [0, 0.05) is 34.9 Å². The van der Waals surface area contributed by atoms with E-state index in [0.717, 1.165) is 61.7 Å². The minimum absolute atomic E-state index is 0.728. The largest absolute Gasteiger partial charge is 0.494 e. The Kier molecular flexibility index (Phi) is 6.58. The van der Waals surface area contributed by atoms with Crippen LogP contribution in [0.5, 0.6) is 11.5 Å². The molecule has 5 heteroatoms. The van der Waals surface area contributed by atoms with Crippen molar-refractivity contribution in [3.05, 3.63) is 36.4 Å². The fourth-order valence-corrected chi connectivity index (χ4v) is 3.18. The van der Waals surface area contributed by atoms with Crippen LogP contribution in [0.15, 0.2) is 36.4 Å². The second-order valence-corrected chi connectivity index (χ2v) is 7.55. The minimum Gasteiger partial charge on any atom is -0.494 e. The van der Waals surface area contributed by atoms with Crippen LogP contribution in [0.2, 0.25) is 0 Å². The molecule has 3 aromatic rings. The van der Waals surface area contributed by atoms with Crippen molar-refractivity contribution in [1.82, 2.24) is 14.8 Å². The van der Waals surface area contributed by atoms with Crippen molar-refractivity contribution in [1.29, 1.82) is 0 Å². The first-order chi connectivity index (χ1) is 13.0. The molecule has 0 saturated heterocycles. The van der Waals surface area contributed by atoms with E-state index in [4.69, 9.17) is 9.47 Å². The summed E-state index contributed by atoms with van der Waals surface area (Å²) in [5.41, 5.74) is 2.24. The second kappa shape index (κ2) is 9.11. The molecule has 0 radical (unpaired) electrons. The summed E-state index contributed by atoms with van der Waals surface area (Å²) >= 11 is 0. The Balaban J connectivity index is 1.71. The zero-order valence-corrected chi connectivity index (χ0v) is 16.9. The lowest BCUT2D eigenvalue weighted by molar-refractivity contribution is 0.281. The number of ether oxygens (including phenoxy) is 2. The molecule has 0 unspecified atom stereocenters. The van der Waals surface area contributed by atoms with Crippen molar-refractivity contribution in [2.45, 2.75) is 12.8 Å². The second-order valence-electron chi connectivity index (χ2n) is 7.55. The highest BCUT2D eigenvalue weighted by atomic mass is 16.5. The summed E-state index contributed by atoms with van der Waals surface area (Å²) in [6.07, 6.45) is 2.04. The molecular formula is C22H31N3O2. The molecule has 0 amide bonds. The Labute approximate surface area is 161 Å². The van der Waals surface area contributed by atoms with E-state index in [1.807, 2.05) is 12.1 Å². The fourth-order valence-electron chi connectivity index (χ4n) is 3.18. The van der Waals surface area contributed by atoms with Gasteiger partial charge in [-0.3, -0.25) is 0 Å². The van der Waals surface area contributed by atoms with E-state index in [2.05, 4.69) is 67.2 Å². The molecule has 5 nitrogen and oxygen atoms in total. The number of hydrogen-bond donors (Lipinski definition) is 1. The van der Waals surface area contributed by atoms with Crippen LogP contribution >= 0.6 is 0 Å². The molecule has 1 heterocycles. The first-order valence-corrected chi connectivity index (χ1v) is 9.63. The van der Waals surface area contributed by atoms with Crippen LogP contribution in [0, 0.1) is 0 Å². The third-order valence-corrected chi connectivity index (χ3v) is 4.58. The summed E-state index contributed by atoms with van der Waals surface area (Å²) in [4.78, 5) is 7.82. The lowest BCUT2D eigenvalue weighted by Gasteiger charge is -2.11. The smallest absolute Gasteiger partial charge is 0.120 e. The lowest BCUT2D eigenvalue weighted by atomic mass is 10.1. The topological polar surface area (TPSA) is 40.7 Å². The molecule has 146 valence electrons. The minimum atomic E-state index is 0.728. The van der Waals surface area contributed by atoms with Crippen molar-refractivity contribution < 1.29 is 9.47 Å². The van der Waals surface area contributed by atoms with Crippen LogP contribution in [-0.2, 0) is 0 Å². The molecule has 0 atom stereocenters. The van der Waals surface area contributed by atoms with E-state index >= 15 is 0 Å². The van der Waals surface area contributed by atoms with Gasteiger partial charge in [-0.1, -0.05) is 0 Å². The molecule has 0 fully saturated rings. The molecule has 0 aliphatic carbocycles. The van der Waals surface area contributed by atoms with Crippen molar-refractivity contribution in [2.75, 3.05) is 54.5 Å². The molecule has 2 aromatic carbocycles. The number of rotatable bonds is 10. The maximum absolute atomic E-state index is 5.94. The third-order valence-electron chi connectivity index (χ3n) is 4.58.